The summed E-state index contributed by atoms with van der Waals surface area (Å²) >= 11 is 6.03. The molecule has 0 spiro atoms. The molecule has 0 radical (unpaired) electrons. The first-order valence-corrected chi connectivity index (χ1v) is 9.26. The summed E-state index contributed by atoms with van der Waals surface area (Å²) in [5, 5.41) is 9.06. The number of benzene rings is 1. The van der Waals surface area contributed by atoms with Gasteiger partial charge in [0.2, 0.25) is 11.8 Å². The number of nitrogens with two attached hydrogens (primary N) is 1. The van der Waals surface area contributed by atoms with Crippen LogP contribution in [0.4, 0.5) is 0 Å². The summed E-state index contributed by atoms with van der Waals surface area (Å²) < 4.78 is 16.2. The SMILES string of the molecule is COCc1coc(Cn2ncc(Cc3nc(C(N)=O)c(-c4cccc(Cl)c4)o3)n2)n1. The molecule has 0 bridgehead atoms. The predicted molar refractivity (Wildman–Crippen MR) is 105 cm³/mol. The molecule has 10 nitrogen and oxygen atoms in total. The van der Waals surface area contributed by atoms with E-state index in [1.54, 1.807) is 37.6 Å². The number of rotatable bonds is 8. The van der Waals surface area contributed by atoms with Crippen LogP contribution >= 0.6 is 11.6 Å². The predicted octanol–water partition coefficient (Wildman–Crippen LogP) is 2.46. The molecule has 0 aliphatic carbocycles. The highest BCUT2D eigenvalue weighted by molar-refractivity contribution is 6.30. The molecule has 3 aromatic heterocycles. The molecule has 0 saturated carbocycles. The van der Waals surface area contributed by atoms with E-state index >= 15 is 0 Å². The molecule has 11 heteroatoms. The normalized spacial score (nSPS) is 11.1. The van der Waals surface area contributed by atoms with Crippen molar-refractivity contribution >= 4 is 17.5 Å². The quantitative estimate of drug-likeness (QED) is 0.452. The Morgan fingerprint density at radius 3 is 2.90 bits per heavy atom. The van der Waals surface area contributed by atoms with Crippen LogP contribution in [0, 0.1) is 0 Å². The van der Waals surface area contributed by atoms with Crippen molar-refractivity contribution in [1.82, 2.24) is 25.0 Å². The number of primary amides is 1. The van der Waals surface area contributed by atoms with Gasteiger partial charge in [-0.3, -0.25) is 4.79 Å². The van der Waals surface area contributed by atoms with E-state index in [-0.39, 0.29) is 30.3 Å². The molecule has 4 aromatic rings. The average Bonchev–Trinajstić information content (AvgIpc) is 3.43. The van der Waals surface area contributed by atoms with Crippen molar-refractivity contribution in [2.75, 3.05) is 7.11 Å². The first-order chi connectivity index (χ1) is 14.5. The zero-order valence-electron chi connectivity index (χ0n) is 15.9. The van der Waals surface area contributed by atoms with E-state index in [4.69, 9.17) is 30.9 Å². The van der Waals surface area contributed by atoms with Gasteiger partial charge in [0.25, 0.3) is 5.91 Å². The number of hydrogen-bond donors (Lipinski definition) is 1. The second-order valence-electron chi connectivity index (χ2n) is 6.37. The van der Waals surface area contributed by atoms with Crippen LogP contribution in [-0.2, 0) is 24.3 Å². The van der Waals surface area contributed by atoms with Crippen LogP contribution in [0.15, 0.2) is 45.6 Å². The second-order valence-corrected chi connectivity index (χ2v) is 6.81. The van der Waals surface area contributed by atoms with Gasteiger partial charge in [-0.25, -0.2) is 9.97 Å². The number of hydrogen-bond acceptors (Lipinski definition) is 8. The maximum Gasteiger partial charge on any atom is 0.271 e. The standard InChI is InChI=1S/C19H17ClN6O4/c1-28-9-14-10-29-16(23-14)8-26-22-7-13(25-26)6-15-24-17(19(21)27)18(30-15)11-3-2-4-12(20)5-11/h2-5,7,10H,6,8-9H2,1H3,(H2,21,27). The summed E-state index contributed by atoms with van der Waals surface area (Å²) in [6, 6.07) is 6.89. The minimum Gasteiger partial charge on any atom is -0.446 e. The van der Waals surface area contributed by atoms with Gasteiger partial charge in [-0.05, 0) is 12.1 Å². The van der Waals surface area contributed by atoms with E-state index in [0.717, 1.165) is 0 Å². The fourth-order valence-corrected chi connectivity index (χ4v) is 3.02. The number of oxazole rings is 2. The van der Waals surface area contributed by atoms with Crippen molar-refractivity contribution in [1.29, 1.82) is 0 Å². The minimum atomic E-state index is -0.695. The van der Waals surface area contributed by atoms with E-state index in [1.165, 1.54) is 11.1 Å². The van der Waals surface area contributed by atoms with Gasteiger partial charge < -0.3 is 19.3 Å². The Labute approximate surface area is 175 Å². The zero-order chi connectivity index (χ0) is 21.1. The average molecular weight is 429 g/mol. The highest BCUT2D eigenvalue weighted by atomic mass is 35.5. The lowest BCUT2D eigenvalue weighted by atomic mass is 10.1. The minimum absolute atomic E-state index is 0.0325. The van der Waals surface area contributed by atoms with Crippen molar-refractivity contribution in [2.24, 2.45) is 5.73 Å². The van der Waals surface area contributed by atoms with Gasteiger partial charge in [0.05, 0.1) is 24.9 Å². The van der Waals surface area contributed by atoms with Crippen LogP contribution < -0.4 is 5.73 Å². The monoisotopic (exact) mass is 428 g/mol. The number of nitrogens with zero attached hydrogens (tertiary/aromatic N) is 5. The van der Waals surface area contributed by atoms with Crippen LogP contribution in [0.25, 0.3) is 11.3 Å². The van der Waals surface area contributed by atoms with E-state index < -0.39 is 5.91 Å². The van der Waals surface area contributed by atoms with Gasteiger partial charge in [-0.2, -0.15) is 15.0 Å². The van der Waals surface area contributed by atoms with Crippen LogP contribution in [0.3, 0.4) is 0 Å². The third-order valence-corrected chi connectivity index (χ3v) is 4.31. The molecule has 154 valence electrons. The number of halogens is 1. The molecule has 2 N–H and O–H groups in total. The Kier molecular flexibility index (Phi) is 5.59. The summed E-state index contributed by atoms with van der Waals surface area (Å²) in [5.41, 5.74) is 7.37. The number of methoxy groups -OCH3 is 1. The number of carbonyl (C=O) groups is 1. The fraction of sp³-hybridized carbons (Fsp3) is 0.211. The second kappa shape index (κ2) is 8.47. The fourth-order valence-electron chi connectivity index (χ4n) is 2.83. The summed E-state index contributed by atoms with van der Waals surface area (Å²) in [6.45, 7) is 0.623. The van der Waals surface area contributed by atoms with Crippen LogP contribution in [-0.4, -0.2) is 38.0 Å². The first-order valence-electron chi connectivity index (χ1n) is 8.88. The Balaban J connectivity index is 1.52. The van der Waals surface area contributed by atoms with Crippen LogP contribution in [0.2, 0.25) is 5.02 Å². The van der Waals surface area contributed by atoms with E-state index in [2.05, 4.69) is 20.2 Å². The molecule has 0 atom stereocenters. The maximum atomic E-state index is 11.8. The van der Waals surface area contributed by atoms with Gasteiger partial charge in [-0.1, -0.05) is 23.7 Å². The molecule has 4 rings (SSSR count). The van der Waals surface area contributed by atoms with Crippen molar-refractivity contribution in [2.45, 2.75) is 19.6 Å². The molecule has 30 heavy (non-hydrogen) atoms. The molecule has 0 saturated heterocycles. The van der Waals surface area contributed by atoms with Gasteiger partial charge in [-0.15, -0.1) is 0 Å². The van der Waals surface area contributed by atoms with E-state index in [0.29, 0.717) is 34.5 Å². The highest BCUT2D eigenvalue weighted by Crippen LogP contribution is 2.27. The number of amides is 1. The number of carbonyl (C=O) groups excluding carboxylic acids is 1. The topological polar surface area (TPSA) is 135 Å². The molecular weight excluding hydrogens is 412 g/mol. The van der Waals surface area contributed by atoms with Gasteiger partial charge in [0.1, 0.15) is 18.5 Å². The first kappa shape index (κ1) is 19.8. The van der Waals surface area contributed by atoms with Crippen molar-refractivity contribution < 1.29 is 18.4 Å². The molecule has 0 fully saturated rings. The lowest BCUT2D eigenvalue weighted by molar-refractivity contribution is 0.0996. The van der Waals surface area contributed by atoms with Gasteiger partial charge in [0.15, 0.2) is 11.5 Å². The molecule has 0 unspecified atom stereocenters. The molecule has 0 aliphatic heterocycles. The lowest BCUT2D eigenvalue weighted by Gasteiger charge is -1.99. The van der Waals surface area contributed by atoms with Crippen LogP contribution in [0.5, 0.6) is 0 Å². The third-order valence-electron chi connectivity index (χ3n) is 4.08. The summed E-state index contributed by atoms with van der Waals surface area (Å²) in [5.74, 6) is 0.307. The van der Waals surface area contributed by atoms with Crippen molar-refractivity contribution in [3.05, 3.63) is 70.6 Å². The molecule has 0 aliphatic rings. The smallest absolute Gasteiger partial charge is 0.271 e. The Bertz CT molecular complexity index is 1180. The van der Waals surface area contributed by atoms with Crippen LogP contribution in [0.1, 0.15) is 33.7 Å². The largest absolute Gasteiger partial charge is 0.446 e. The third kappa shape index (κ3) is 4.39. The maximum absolute atomic E-state index is 11.8. The van der Waals surface area contributed by atoms with Crippen molar-refractivity contribution in [3.8, 4) is 11.3 Å². The molecule has 1 aromatic carbocycles. The summed E-state index contributed by atoms with van der Waals surface area (Å²) in [7, 11) is 1.58. The number of ether oxygens (including phenoxy) is 1. The van der Waals surface area contributed by atoms with E-state index in [9.17, 15) is 4.79 Å². The Morgan fingerprint density at radius 2 is 2.13 bits per heavy atom. The summed E-state index contributed by atoms with van der Waals surface area (Å²) in [4.78, 5) is 21.7. The Hall–Kier alpha value is -3.50. The van der Waals surface area contributed by atoms with Gasteiger partial charge in [0, 0.05) is 17.7 Å². The summed E-state index contributed by atoms with van der Waals surface area (Å²) in [6.07, 6.45) is 3.33. The Morgan fingerprint density at radius 1 is 1.27 bits per heavy atom. The number of aromatic nitrogens is 5. The van der Waals surface area contributed by atoms with E-state index in [1.807, 2.05) is 0 Å². The lowest BCUT2D eigenvalue weighted by Crippen LogP contribution is -2.12. The zero-order valence-corrected chi connectivity index (χ0v) is 16.7. The molecule has 1 amide bonds. The molecule has 3 heterocycles. The highest BCUT2D eigenvalue weighted by Gasteiger charge is 2.20. The van der Waals surface area contributed by atoms with Crippen molar-refractivity contribution in [3.63, 3.8) is 0 Å². The molecular formula is C19H17ClN6O4. The van der Waals surface area contributed by atoms with Gasteiger partial charge >= 0.3 is 0 Å².